The Balaban J connectivity index is 2.26. The summed E-state index contributed by atoms with van der Waals surface area (Å²) < 4.78 is 6.91. The Bertz CT molecular complexity index is 471. The predicted molar refractivity (Wildman–Crippen MR) is 68.2 cm³/mol. The molecule has 15 heavy (non-hydrogen) atoms. The van der Waals surface area contributed by atoms with Crippen LogP contribution in [0.2, 0.25) is 0 Å². The Hall–Kier alpha value is -1.10. The Morgan fingerprint density at radius 2 is 2.13 bits per heavy atom. The minimum Gasteiger partial charge on any atom is -0.457 e. The number of benzene rings is 1. The van der Waals surface area contributed by atoms with Crippen LogP contribution in [0.4, 0.5) is 0 Å². The second kappa shape index (κ2) is 4.61. The minimum atomic E-state index is 0.854. The SMILES string of the molecule is Cc1cnccc1Oc1cccc(I)c1. The molecule has 0 atom stereocenters. The average Bonchev–Trinajstić information content (AvgIpc) is 2.22. The molecular weight excluding hydrogens is 301 g/mol. The van der Waals surface area contributed by atoms with Crippen molar-refractivity contribution in [3.8, 4) is 11.5 Å². The highest BCUT2D eigenvalue weighted by Crippen LogP contribution is 2.24. The third kappa shape index (κ3) is 2.68. The number of aryl methyl sites for hydroxylation is 1. The molecule has 1 aromatic heterocycles. The van der Waals surface area contributed by atoms with E-state index in [9.17, 15) is 0 Å². The zero-order chi connectivity index (χ0) is 10.7. The average molecular weight is 311 g/mol. The van der Waals surface area contributed by atoms with Crippen LogP contribution in [0.1, 0.15) is 5.56 Å². The third-order valence-corrected chi connectivity index (χ3v) is 2.66. The van der Waals surface area contributed by atoms with Crippen molar-refractivity contribution < 1.29 is 4.74 Å². The van der Waals surface area contributed by atoms with Gasteiger partial charge in [0.1, 0.15) is 11.5 Å². The van der Waals surface area contributed by atoms with Crippen LogP contribution in [-0.2, 0) is 0 Å². The van der Waals surface area contributed by atoms with E-state index in [1.165, 1.54) is 0 Å². The summed E-state index contributed by atoms with van der Waals surface area (Å²) in [5.74, 6) is 1.71. The zero-order valence-corrected chi connectivity index (χ0v) is 10.4. The topological polar surface area (TPSA) is 22.1 Å². The first kappa shape index (κ1) is 10.4. The molecule has 0 fully saturated rings. The van der Waals surface area contributed by atoms with Gasteiger partial charge in [-0.2, -0.15) is 0 Å². The number of hydrogen-bond donors (Lipinski definition) is 0. The molecule has 76 valence electrons. The lowest BCUT2D eigenvalue weighted by Crippen LogP contribution is -1.88. The van der Waals surface area contributed by atoms with E-state index < -0.39 is 0 Å². The summed E-state index contributed by atoms with van der Waals surface area (Å²) in [4.78, 5) is 4.02. The maximum atomic E-state index is 5.75. The van der Waals surface area contributed by atoms with Gasteiger partial charge in [-0.3, -0.25) is 4.98 Å². The fourth-order valence-corrected chi connectivity index (χ4v) is 1.75. The van der Waals surface area contributed by atoms with Gasteiger partial charge in [0.25, 0.3) is 0 Å². The van der Waals surface area contributed by atoms with E-state index in [2.05, 4.69) is 27.6 Å². The second-order valence-electron chi connectivity index (χ2n) is 3.20. The zero-order valence-electron chi connectivity index (χ0n) is 8.27. The molecule has 0 aliphatic rings. The highest BCUT2D eigenvalue weighted by molar-refractivity contribution is 14.1. The monoisotopic (exact) mass is 311 g/mol. The molecule has 1 aromatic carbocycles. The van der Waals surface area contributed by atoms with Crippen molar-refractivity contribution >= 4 is 22.6 Å². The van der Waals surface area contributed by atoms with Gasteiger partial charge in [0.15, 0.2) is 0 Å². The molecular formula is C12H10INO. The van der Waals surface area contributed by atoms with E-state index >= 15 is 0 Å². The molecule has 2 aromatic rings. The number of nitrogens with zero attached hydrogens (tertiary/aromatic N) is 1. The van der Waals surface area contributed by atoms with Crippen molar-refractivity contribution in [2.45, 2.75) is 6.92 Å². The van der Waals surface area contributed by atoms with E-state index in [1.54, 1.807) is 12.4 Å². The van der Waals surface area contributed by atoms with Crippen LogP contribution >= 0.6 is 22.6 Å². The van der Waals surface area contributed by atoms with Crippen LogP contribution in [0.5, 0.6) is 11.5 Å². The lowest BCUT2D eigenvalue weighted by molar-refractivity contribution is 0.477. The van der Waals surface area contributed by atoms with Crippen molar-refractivity contribution in [3.05, 3.63) is 51.9 Å². The summed E-state index contributed by atoms with van der Waals surface area (Å²) in [6.45, 7) is 1.98. The number of aromatic nitrogens is 1. The van der Waals surface area contributed by atoms with Gasteiger partial charge >= 0.3 is 0 Å². The van der Waals surface area contributed by atoms with Crippen LogP contribution in [0, 0.1) is 10.5 Å². The van der Waals surface area contributed by atoms with Crippen molar-refractivity contribution in [1.29, 1.82) is 0 Å². The van der Waals surface area contributed by atoms with Gasteiger partial charge in [0.2, 0.25) is 0 Å². The van der Waals surface area contributed by atoms with Gasteiger partial charge in [-0.05, 0) is 53.8 Å². The summed E-state index contributed by atoms with van der Waals surface area (Å²) >= 11 is 2.26. The minimum absolute atomic E-state index is 0.854. The van der Waals surface area contributed by atoms with E-state index in [-0.39, 0.29) is 0 Å². The highest BCUT2D eigenvalue weighted by Gasteiger charge is 2.00. The Morgan fingerprint density at radius 1 is 1.27 bits per heavy atom. The smallest absolute Gasteiger partial charge is 0.133 e. The fraction of sp³-hybridized carbons (Fsp3) is 0.0833. The normalized spacial score (nSPS) is 10.0. The van der Waals surface area contributed by atoms with Gasteiger partial charge in [-0.15, -0.1) is 0 Å². The predicted octanol–water partition coefficient (Wildman–Crippen LogP) is 3.79. The van der Waals surface area contributed by atoms with Crippen LogP contribution in [0.15, 0.2) is 42.7 Å². The summed E-state index contributed by atoms with van der Waals surface area (Å²) in [5, 5.41) is 0. The summed E-state index contributed by atoms with van der Waals surface area (Å²) in [6.07, 6.45) is 3.53. The number of rotatable bonds is 2. The Kier molecular flexibility index (Phi) is 3.20. The van der Waals surface area contributed by atoms with Crippen LogP contribution < -0.4 is 4.74 Å². The lowest BCUT2D eigenvalue weighted by Gasteiger charge is -2.07. The molecule has 2 nitrogen and oxygen atoms in total. The van der Waals surface area contributed by atoms with E-state index in [1.807, 2.05) is 37.3 Å². The standard InChI is InChI=1S/C12H10INO/c1-9-8-14-6-5-12(9)15-11-4-2-3-10(13)7-11/h2-8H,1H3. The van der Waals surface area contributed by atoms with Gasteiger partial charge in [-0.1, -0.05) is 6.07 Å². The van der Waals surface area contributed by atoms with Gasteiger partial charge in [-0.25, -0.2) is 0 Å². The number of pyridine rings is 1. The quantitative estimate of drug-likeness (QED) is 0.787. The van der Waals surface area contributed by atoms with Gasteiger partial charge < -0.3 is 4.74 Å². The van der Waals surface area contributed by atoms with Crippen molar-refractivity contribution in [2.75, 3.05) is 0 Å². The molecule has 0 aliphatic heterocycles. The Morgan fingerprint density at radius 3 is 2.87 bits per heavy atom. The molecule has 3 heteroatoms. The number of hydrogen-bond acceptors (Lipinski definition) is 2. The van der Waals surface area contributed by atoms with Gasteiger partial charge in [0.05, 0.1) is 0 Å². The maximum absolute atomic E-state index is 5.75. The summed E-state index contributed by atoms with van der Waals surface area (Å²) in [7, 11) is 0. The van der Waals surface area contributed by atoms with Crippen LogP contribution in [0.25, 0.3) is 0 Å². The molecule has 2 rings (SSSR count). The summed E-state index contributed by atoms with van der Waals surface area (Å²) in [5.41, 5.74) is 1.04. The number of ether oxygens (including phenoxy) is 1. The third-order valence-electron chi connectivity index (χ3n) is 1.99. The molecule has 0 saturated carbocycles. The molecule has 0 unspecified atom stereocenters. The van der Waals surface area contributed by atoms with Crippen LogP contribution in [-0.4, -0.2) is 4.98 Å². The first-order chi connectivity index (χ1) is 7.25. The van der Waals surface area contributed by atoms with Gasteiger partial charge in [0, 0.05) is 21.5 Å². The van der Waals surface area contributed by atoms with Crippen molar-refractivity contribution in [2.24, 2.45) is 0 Å². The first-order valence-corrected chi connectivity index (χ1v) is 5.67. The van der Waals surface area contributed by atoms with E-state index in [4.69, 9.17) is 4.74 Å². The molecule has 0 bridgehead atoms. The number of halogens is 1. The molecule has 0 N–H and O–H groups in total. The van der Waals surface area contributed by atoms with Crippen LogP contribution in [0.3, 0.4) is 0 Å². The first-order valence-electron chi connectivity index (χ1n) is 4.60. The van der Waals surface area contributed by atoms with E-state index in [0.29, 0.717) is 0 Å². The lowest BCUT2D eigenvalue weighted by atomic mass is 10.3. The summed E-state index contributed by atoms with van der Waals surface area (Å²) in [6, 6.07) is 9.83. The maximum Gasteiger partial charge on any atom is 0.133 e. The van der Waals surface area contributed by atoms with Crippen molar-refractivity contribution in [3.63, 3.8) is 0 Å². The highest BCUT2D eigenvalue weighted by atomic mass is 127. The molecule has 0 spiro atoms. The largest absolute Gasteiger partial charge is 0.457 e. The van der Waals surface area contributed by atoms with Crippen molar-refractivity contribution in [1.82, 2.24) is 4.98 Å². The molecule has 1 heterocycles. The fourth-order valence-electron chi connectivity index (χ4n) is 1.23. The molecule has 0 amide bonds. The molecule has 0 saturated heterocycles. The molecule has 0 radical (unpaired) electrons. The Labute approximate surface area is 102 Å². The van der Waals surface area contributed by atoms with E-state index in [0.717, 1.165) is 20.6 Å². The molecule has 0 aliphatic carbocycles. The second-order valence-corrected chi connectivity index (χ2v) is 4.45.